The van der Waals surface area contributed by atoms with Gasteiger partial charge in [0.25, 0.3) is 0 Å². The number of nitrogens with one attached hydrogen (secondary N) is 2. The molecular formula is C14H19BrN2O2. The molecule has 1 heterocycles. The zero-order valence-electron chi connectivity index (χ0n) is 11.0. The first-order valence-electron chi connectivity index (χ1n) is 6.39. The summed E-state index contributed by atoms with van der Waals surface area (Å²) in [7, 11) is 1.64. The number of amides is 1. The highest BCUT2D eigenvalue weighted by Gasteiger charge is 2.41. The fourth-order valence-corrected chi connectivity index (χ4v) is 2.83. The third-order valence-electron chi connectivity index (χ3n) is 3.54. The Hall–Kier alpha value is -0.910. The first kappa shape index (κ1) is 14.5. The third-order valence-corrected chi connectivity index (χ3v) is 4.32. The number of methoxy groups -OCH3 is 1. The van der Waals surface area contributed by atoms with Gasteiger partial charge in [-0.3, -0.25) is 4.79 Å². The quantitative estimate of drug-likeness (QED) is 0.865. The number of hydrogen-bond donors (Lipinski definition) is 2. The molecule has 0 radical (unpaired) electrons. The van der Waals surface area contributed by atoms with Gasteiger partial charge in [0.2, 0.25) is 5.91 Å². The molecule has 1 aromatic rings. The van der Waals surface area contributed by atoms with Crippen LogP contribution in [-0.2, 0) is 16.1 Å². The molecule has 104 valence electrons. The van der Waals surface area contributed by atoms with Crippen molar-refractivity contribution in [1.82, 2.24) is 10.6 Å². The molecule has 0 bridgehead atoms. The first-order chi connectivity index (χ1) is 9.18. The van der Waals surface area contributed by atoms with Crippen molar-refractivity contribution in [2.24, 2.45) is 5.41 Å². The van der Waals surface area contributed by atoms with Gasteiger partial charge >= 0.3 is 0 Å². The van der Waals surface area contributed by atoms with Gasteiger partial charge in [-0.15, -0.1) is 0 Å². The summed E-state index contributed by atoms with van der Waals surface area (Å²) < 4.78 is 6.23. The number of ether oxygens (including phenoxy) is 1. The van der Waals surface area contributed by atoms with Gasteiger partial charge in [0, 0.05) is 24.7 Å². The van der Waals surface area contributed by atoms with Crippen molar-refractivity contribution in [3.05, 3.63) is 34.3 Å². The number of rotatable bonds is 5. The molecule has 2 rings (SSSR count). The Morgan fingerprint density at radius 2 is 2.32 bits per heavy atom. The Bertz CT molecular complexity index is 445. The van der Waals surface area contributed by atoms with Crippen LogP contribution in [0.2, 0.25) is 0 Å². The zero-order valence-corrected chi connectivity index (χ0v) is 12.6. The van der Waals surface area contributed by atoms with Gasteiger partial charge in [0.05, 0.1) is 12.0 Å². The molecule has 1 saturated heterocycles. The summed E-state index contributed by atoms with van der Waals surface area (Å²) in [6.07, 6.45) is 0.822. The normalized spacial score (nSPS) is 22.4. The van der Waals surface area contributed by atoms with Crippen LogP contribution in [0.3, 0.4) is 0 Å². The van der Waals surface area contributed by atoms with E-state index in [1.54, 1.807) is 7.11 Å². The largest absolute Gasteiger partial charge is 0.384 e. The lowest BCUT2D eigenvalue weighted by Gasteiger charge is -2.26. The number of benzene rings is 1. The lowest BCUT2D eigenvalue weighted by Crippen LogP contribution is -2.45. The molecule has 1 amide bonds. The van der Waals surface area contributed by atoms with Crippen LogP contribution in [0.5, 0.6) is 0 Å². The van der Waals surface area contributed by atoms with E-state index in [0.717, 1.165) is 23.0 Å². The summed E-state index contributed by atoms with van der Waals surface area (Å²) in [5.74, 6) is 0.0649. The van der Waals surface area contributed by atoms with E-state index in [9.17, 15) is 4.79 Å². The molecule has 0 aromatic heterocycles. The van der Waals surface area contributed by atoms with E-state index in [1.165, 1.54) is 0 Å². The second kappa shape index (κ2) is 6.50. The molecule has 1 fully saturated rings. The maximum atomic E-state index is 12.4. The molecule has 1 aromatic carbocycles. The SMILES string of the molecule is COCC1(C(=O)NCc2ccccc2Br)CCNC1. The van der Waals surface area contributed by atoms with Crippen LogP contribution in [0.4, 0.5) is 0 Å². The van der Waals surface area contributed by atoms with Gasteiger partial charge in [0.1, 0.15) is 0 Å². The second-order valence-electron chi connectivity index (χ2n) is 4.91. The summed E-state index contributed by atoms with van der Waals surface area (Å²) in [5, 5.41) is 6.26. The minimum atomic E-state index is -0.421. The molecule has 19 heavy (non-hydrogen) atoms. The topological polar surface area (TPSA) is 50.4 Å². The van der Waals surface area contributed by atoms with E-state index < -0.39 is 5.41 Å². The fourth-order valence-electron chi connectivity index (χ4n) is 2.41. The average Bonchev–Trinajstić information content (AvgIpc) is 2.88. The van der Waals surface area contributed by atoms with E-state index in [-0.39, 0.29) is 5.91 Å². The Morgan fingerprint density at radius 1 is 1.53 bits per heavy atom. The fraction of sp³-hybridized carbons (Fsp3) is 0.500. The lowest BCUT2D eigenvalue weighted by atomic mass is 9.87. The van der Waals surface area contributed by atoms with E-state index in [4.69, 9.17) is 4.74 Å². The van der Waals surface area contributed by atoms with Crippen LogP contribution in [0, 0.1) is 5.41 Å². The van der Waals surface area contributed by atoms with Gasteiger partial charge in [-0.05, 0) is 24.6 Å². The van der Waals surface area contributed by atoms with Crippen molar-refractivity contribution in [2.75, 3.05) is 26.8 Å². The smallest absolute Gasteiger partial charge is 0.230 e. The van der Waals surface area contributed by atoms with Gasteiger partial charge in [-0.2, -0.15) is 0 Å². The van der Waals surface area contributed by atoms with Crippen molar-refractivity contribution in [3.8, 4) is 0 Å². The molecule has 0 spiro atoms. The van der Waals surface area contributed by atoms with Gasteiger partial charge in [-0.1, -0.05) is 34.1 Å². The van der Waals surface area contributed by atoms with Crippen LogP contribution in [-0.4, -0.2) is 32.7 Å². The second-order valence-corrected chi connectivity index (χ2v) is 5.77. The highest BCUT2D eigenvalue weighted by atomic mass is 79.9. The molecule has 1 atom stereocenters. The van der Waals surface area contributed by atoms with Crippen molar-refractivity contribution in [3.63, 3.8) is 0 Å². The van der Waals surface area contributed by atoms with E-state index in [1.807, 2.05) is 24.3 Å². The first-order valence-corrected chi connectivity index (χ1v) is 7.19. The highest BCUT2D eigenvalue weighted by Crippen LogP contribution is 2.26. The summed E-state index contributed by atoms with van der Waals surface area (Å²) >= 11 is 3.49. The summed E-state index contributed by atoms with van der Waals surface area (Å²) in [4.78, 5) is 12.4. The summed E-state index contributed by atoms with van der Waals surface area (Å²) in [5.41, 5.74) is 0.657. The molecule has 5 heteroatoms. The van der Waals surface area contributed by atoms with Crippen molar-refractivity contribution >= 4 is 21.8 Å². The van der Waals surface area contributed by atoms with E-state index in [2.05, 4.69) is 26.6 Å². The minimum Gasteiger partial charge on any atom is -0.384 e. The molecule has 4 nitrogen and oxygen atoms in total. The Morgan fingerprint density at radius 3 is 2.95 bits per heavy atom. The number of carbonyl (C=O) groups is 1. The Balaban J connectivity index is 1.98. The molecule has 1 aliphatic heterocycles. The van der Waals surface area contributed by atoms with Crippen LogP contribution in [0.15, 0.2) is 28.7 Å². The summed E-state index contributed by atoms with van der Waals surface area (Å²) in [6.45, 7) is 2.54. The van der Waals surface area contributed by atoms with Crippen LogP contribution >= 0.6 is 15.9 Å². The number of halogens is 1. The van der Waals surface area contributed by atoms with Gasteiger partial charge in [0.15, 0.2) is 0 Å². The van der Waals surface area contributed by atoms with Crippen LogP contribution in [0.25, 0.3) is 0 Å². The van der Waals surface area contributed by atoms with Gasteiger partial charge < -0.3 is 15.4 Å². The molecule has 2 N–H and O–H groups in total. The predicted octanol–water partition coefficient (Wildman–Crippen LogP) is 1.69. The Labute approximate surface area is 122 Å². The average molecular weight is 327 g/mol. The minimum absolute atomic E-state index is 0.0649. The highest BCUT2D eigenvalue weighted by molar-refractivity contribution is 9.10. The maximum Gasteiger partial charge on any atom is 0.230 e. The third kappa shape index (κ3) is 3.35. The lowest BCUT2D eigenvalue weighted by molar-refractivity contribution is -0.133. The van der Waals surface area contributed by atoms with Gasteiger partial charge in [-0.25, -0.2) is 0 Å². The van der Waals surface area contributed by atoms with Crippen LogP contribution < -0.4 is 10.6 Å². The summed E-state index contributed by atoms with van der Waals surface area (Å²) in [6, 6.07) is 7.90. The van der Waals surface area contributed by atoms with Crippen molar-refractivity contribution in [1.29, 1.82) is 0 Å². The number of hydrogen-bond acceptors (Lipinski definition) is 3. The van der Waals surface area contributed by atoms with Crippen molar-refractivity contribution < 1.29 is 9.53 Å². The zero-order chi connectivity index (χ0) is 13.7. The van der Waals surface area contributed by atoms with E-state index >= 15 is 0 Å². The molecular weight excluding hydrogens is 308 g/mol. The van der Waals surface area contributed by atoms with E-state index in [0.29, 0.717) is 19.7 Å². The monoisotopic (exact) mass is 326 g/mol. The molecule has 0 saturated carbocycles. The number of carbonyl (C=O) groups excluding carboxylic acids is 1. The van der Waals surface area contributed by atoms with Crippen LogP contribution in [0.1, 0.15) is 12.0 Å². The molecule has 1 unspecified atom stereocenters. The molecule has 0 aliphatic carbocycles. The maximum absolute atomic E-state index is 12.4. The Kier molecular flexibility index (Phi) is 4.96. The molecule has 1 aliphatic rings. The van der Waals surface area contributed by atoms with Crippen molar-refractivity contribution in [2.45, 2.75) is 13.0 Å². The predicted molar refractivity (Wildman–Crippen MR) is 77.8 cm³/mol. The standard InChI is InChI=1S/C14H19BrN2O2/c1-19-10-14(6-7-16-9-14)13(18)17-8-11-4-2-3-5-12(11)15/h2-5,16H,6-10H2,1H3,(H,17,18).